The lowest BCUT2D eigenvalue weighted by atomic mass is 10.1. The summed E-state index contributed by atoms with van der Waals surface area (Å²) in [5, 5.41) is 10.5. The van der Waals surface area contributed by atoms with Crippen LogP contribution in [0.15, 0.2) is 47.2 Å². The topological polar surface area (TPSA) is 86.5 Å². The molecule has 0 aliphatic carbocycles. The van der Waals surface area contributed by atoms with Crippen LogP contribution in [0.25, 0.3) is 11.5 Å². The summed E-state index contributed by atoms with van der Waals surface area (Å²) in [6, 6.07) is 10.2. The van der Waals surface area contributed by atoms with Gasteiger partial charge in [-0.3, -0.25) is 4.79 Å². The first-order valence-electron chi connectivity index (χ1n) is 7.48. The molecular formula is C17H12ClN3O4. The lowest BCUT2D eigenvalue weighted by Crippen LogP contribution is -2.17. The van der Waals surface area contributed by atoms with Crippen molar-refractivity contribution < 1.29 is 18.7 Å². The summed E-state index contributed by atoms with van der Waals surface area (Å²) >= 11 is 6.19. The van der Waals surface area contributed by atoms with E-state index in [0.717, 1.165) is 5.56 Å². The van der Waals surface area contributed by atoms with Crippen LogP contribution in [0.2, 0.25) is 5.02 Å². The minimum absolute atomic E-state index is 0.296. The molecule has 1 aliphatic rings. The zero-order valence-electron chi connectivity index (χ0n) is 12.9. The van der Waals surface area contributed by atoms with Crippen molar-refractivity contribution in [2.24, 2.45) is 0 Å². The van der Waals surface area contributed by atoms with Gasteiger partial charge in [0, 0.05) is 17.3 Å². The Labute approximate surface area is 147 Å². The molecule has 0 saturated carbocycles. The van der Waals surface area contributed by atoms with Gasteiger partial charge < -0.3 is 19.2 Å². The number of amides is 1. The number of rotatable bonds is 3. The van der Waals surface area contributed by atoms with E-state index in [0.29, 0.717) is 46.9 Å². The second kappa shape index (κ2) is 6.45. The van der Waals surface area contributed by atoms with Crippen LogP contribution in [0, 0.1) is 0 Å². The molecule has 0 saturated heterocycles. The fourth-order valence-corrected chi connectivity index (χ4v) is 2.67. The van der Waals surface area contributed by atoms with Gasteiger partial charge in [-0.15, -0.1) is 10.2 Å². The molecule has 0 atom stereocenters. The second-order valence-corrected chi connectivity index (χ2v) is 5.66. The van der Waals surface area contributed by atoms with E-state index >= 15 is 0 Å². The molecule has 1 amide bonds. The maximum Gasteiger partial charge on any atom is 0.257 e. The first-order chi connectivity index (χ1) is 12.2. The summed E-state index contributed by atoms with van der Waals surface area (Å²) < 4.78 is 16.1. The summed E-state index contributed by atoms with van der Waals surface area (Å²) in [6.45, 7) is 0.897. The smallest absolute Gasteiger partial charge is 0.257 e. The quantitative estimate of drug-likeness (QED) is 0.773. The third-order valence-electron chi connectivity index (χ3n) is 3.63. The van der Waals surface area contributed by atoms with Crippen molar-refractivity contribution in [2.75, 3.05) is 18.5 Å². The average molecular weight is 358 g/mol. The number of nitrogens with one attached hydrogen (secondary N) is 1. The van der Waals surface area contributed by atoms with Gasteiger partial charge >= 0.3 is 0 Å². The Morgan fingerprint density at radius 3 is 2.48 bits per heavy atom. The zero-order valence-corrected chi connectivity index (χ0v) is 13.6. The number of hydrogen-bond donors (Lipinski definition) is 1. The molecule has 2 heterocycles. The van der Waals surface area contributed by atoms with Crippen LogP contribution in [0.5, 0.6) is 11.5 Å². The van der Waals surface area contributed by atoms with E-state index in [1.54, 1.807) is 36.4 Å². The van der Waals surface area contributed by atoms with Crippen LogP contribution < -0.4 is 14.8 Å². The second-order valence-electron chi connectivity index (χ2n) is 5.25. The Bertz CT molecular complexity index is 910. The van der Waals surface area contributed by atoms with Crippen LogP contribution in [0.3, 0.4) is 0 Å². The van der Waals surface area contributed by atoms with E-state index in [1.165, 1.54) is 6.39 Å². The van der Waals surface area contributed by atoms with Crippen LogP contribution in [0.4, 0.5) is 5.69 Å². The van der Waals surface area contributed by atoms with Crippen LogP contribution in [-0.2, 0) is 0 Å². The summed E-state index contributed by atoms with van der Waals surface area (Å²) in [4.78, 5) is 12.5. The Hall–Kier alpha value is -3.06. The summed E-state index contributed by atoms with van der Waals surface area (Å²) in [5.41, 5.74) is 1.68. The van der Waals surface area contributed by atoms with E-state index in [4.69, 9.17) is 25.5 Å². The number of hydrogen-bond acceptors (Lipinski definition) is 6. The van der Waals surface area contributed by atoms with E-state index in [9.17, 15) is 4.79 Å². The van der Waals surface area contributed by atoms with Crippen LogP contribution >= 0.6 is 11.6 Å². The first kappa shape index (κ1) is 15.5. The SMILES string of the molecule is O=C(Nc1ccc(-c2nnco2)cc1)c1cc2c(cc1Cl)OCCO2. The van der Waals surface area contributed by atoms with Gasteiger partial charge in [0.2, 0.25) is 12.3 Å². The number of halogens is 1. The molecule has 7 nitrogen and oxygen atoms in total. The maximum atomic E-state index is 12.5. The predicted octanol–water partition coefficient (Wildman–Crippen LogP) is 3.41. The van der Waals surface area contributed by atoms with Gasteiger partial charge in [0.15, 0.2) is 11.5 Å². The molecule has 1 aliphatic heterocycles. The molecule has 0 radical (unpaired) electrons. The van der Waals surface area contributed by atoms with E-state index in [-0.39, 0.29) is 5.91 Å². The van der Waals surface area contributed by atoms with Gasteiger partial charge in [0.05, 0.1) is 10.6 Å². The van der Waals surface area contributed by atoms with Crippen molar-refractivity contribution in [1.29, 1.82) is 0 Å². The number of fused-ring (bicyclic) bond motifs is 1. The molecule has 4 rings (SSSR count). The molecular weight excluding hydrogens is 346 g/mol. The molecule has 1 aromatic heterocycles. The molecule has 8 heteroatoms. The Balaban J connectivity index is 1.54. The number of aromatic nitrogens is 2. The number of ether oxygens (including phenoxy) is 2. The highest BCUT2D eigenvalue weighted by Gasteiger charge is 2.19. The van der Waals surface area contributed by atoms with E-state index in [2.05, 4.69) is 15.5 Å². The van der Waals surface area contributed by atoms with Gasteiger partial charge in [0.25, 0.3) is 5.91 Å². The van der Waals surface area contributed by atoms with Crippen molar-refractivity contribution in [3.8, 4) is 23.0 Å². The summed E-state index contributed by atoms with van der Waals surface area (Å²) in [7, 11) is 0. The minimum Gasteiger partial charge on any atom is -0.486 e. The normalized spacial score (nSPS) is 12.7. The fraction of sp³-hybridized carbons (Fsp3) is 0.118. The number of nitrogens with zero attached hydrogens (tertiary/aromatic N) is 2. The molecule has 0 fully saturated rings. The Kier molecular flexibility index (Phi) is 3.99. The molecule has 3 aromatic rings. The molecule has 2 aromatic carbocycles. The predicted molar refractivity (Wildman–Crippen MR) is 90.1 cm³/mol. The number of benzene rings is 2. The summed E-state index contributed by atoms with van der Waals surface area (Å²) in [5.74, 6) is 1.12. The van der Waals surface area contributed by atoms with Crippen molar-refractivity contribution >= 4 is 23.2 Å². The van der Waals surface area contributed by atoms with Crippen LogP contribution in [-0.4, -0.2) is 29.3 Å². The highest BCUT2D eigenvalue weighted by Crippen LogP contribution is 2.35. The molecule has 0 spiro atoms. The highest BCUT2D eigenvalue weighted by molar-refractivity contribution is 6.34. The largest absolute Gasteiger partial charge is 0.486 e. The lowest BCUT2D eigenvalue weighted by Gasteiger charge is -2.19. The molecule has 0 bridgehead atoms. The van der Waals surface area contributed by atoms with Crippen molar-refractivity contribution in [2.45, 2.75) is 0 Å². The minimum atomic E-state index is -0.340. The van der Waals surface area contributed by atoms with Gasteiger partial charge in [-0.2, -0.15) is 0 Å². The lowest BCUT2D eigenvalue weighted by molar-refractivity contribution is 0.102. The fourth-order valence-electron chi connectivity index (χ4n) is 2.43. The number of anilines is 1. The van der Waals surface area contributed by atoms with Gasteiger partial charge in [-0.25, -0.2) is 0 Å². The Morgan fingerprint density at radius 2 is 1.80 bits per heavy atom. The Morgan fingerprint density at radius 1 is 1.08 bits per heavy atom. The number of carbonyl (C=O) groups is 1. The van der Waals surface area contributed by atoms with Crippen molar-refractivity contribution in [3.63, 3.8) is 0 Å². The van der Waals surface area contributed by atoms with Gasteiger partial charge in [-0.05, 0) is 30.3 Å². The zero-order chi connectivity index (χ0) is 17.2. The molecule has 1 N–H and O–H groups in total. The van der Waals surface area contributed by atoms with Crippen LogP contribution in [0.1, 0.15) is 10.4 Å². The van der Waals surface area contributed by atoms with Gasteiger partial charge in [-0.1, -0.05) is 11.6 Å². The first-order valence-corrected chi connectivity index (χ1v) is 7.85. The maximum absolute atomic E-state index is 12.5. The van der Waals surface area contributed by atoms with Crippen molar-refractivity contribution in [1.82, 2.24) is 10.2 Å². The standard InChI is InChI=1S/C17H12ClN3O4/c18-13-8-15-14(23-5-6-24-15)7-12(13)16(22)20-11-3-1-10(2-4-11)17-21-19-9-25-17/h1-4,7-9H,5-6H2,(H,20,22). The van der Waals surface area contributed by atoms with E-state index < -0.39 is 0 Å². The van der Waals surface area contributed by atoms with Crippen molar-refractivity contribution in [3.05, 3.63) is 53.4 Å². The average Bonchev–Trinajstić information content (AvgIpc) is 3.16. The number of carbonyl (C=O) groups excluding carboxylic acids is 1. The van der Waals surface area contributed by atoms with Gasteiger partial charge in [0.1, 0.15) is 13.2 Å². The third kappa shape index (κ3) is 3.14. The molecule has 126 valence electrons. The summed E-state index contributed by atoms with van der Waals surface area (Å²) in [6.07, 6.45) is 1.26. The highest BCUT2D eigenvalue weighted by atomic mass is 35.5. The monoisotopic (exact) mass is 357 g/mol. The van der Waals surface area contributed by atoms with E-state index in [1.807, 2.05) is 0 Å². The molecule has 25 heavy (non-hydrogen) atoms. The molecule has 0 unspecified atom stereocenters. The third-order valence-corrected chi connectivity index (χ3v) is 3.94.